The summed E-state index contributed by atoms with van der Waals surface area (Å²) in [4.78, 5) is 21.6. The SMILES string of the molecule is O=C/C=C\c1ccc(OCc2ccc(F)cc2)c(C(=O)O)c1. The molecule has 0 aromatic heterocycles. The molecule has 2 rings (SSSR count). The van der Waals surface area contributed by atoms with Crippen molar-refractivity contribution in [1.82, 2.24) is 0 Å². The van der Waals surface area contributed by atoms with Crippen LogP contribution in [-0.2, 0) is 11.4 Å². The van der Waals surface area contributed by atoms with Gasteiger partial charge in [0, 0.05) is 0 Å². The average Bonchev–Trinajstić information content (AvgIpc) is 2.52. The molecule has 0 radical (unpaired) electrons. The fourth-order valence-electron chi connectivity index (χ4n) is 1.84. The van der Waals surface area contributed by atoms with E-state index in [1.165, 1.54) is 36.4 Å². The van der Waals surface area contributed by atoms with Gasteiger partial charge in [-0.3, -0.25) is 4.79 Å². The Labute approximate surface area is 126 Å². The Morgan fingerprint density at radius 3 is 2.55 bits per heavy atom. The third-order valence-electron chi connectivity index (χ3n) is 2.91. The molecule has 5 heteroatoms. The number of carbonyl (C=O) groups excluding carboxylic acids is 1. The third-order valence-corrected chi connectivity index (χ3v) is 2.91. The number of hydrogen-bond acceptors (Lipinski definition) is 3. The van der Waals surface area contributed by atoms with Crippen LogP contribution in [-0.4, -0.2) is 17.4 Å². The van der Waals surface area contributed by atoms with E-state index in [9.17, 15) is 19.1 Å². The van der Waals surface area contributed by atoms with E-state index in [1.54, 1.807) is 18.2 Å². The van der Waals surface area contributed by atoms with Crippen molar-refractivity contribution in [2.24, 2.45) is 0 Å². The maximum absolute atomic E-state index is 12.8. The highest BCUT2D eigenvalue weighted by Crippen LogP contribution is 2.22. The monoisotopic (exact) mass is 300 g/mol. The smallest absolute Gasteiger partial charge is 0.339 e. The highest BCUT2D eigenvalue weighted by atomic mass is 19.1. The largest absolute Gasteiger partial charge is 0.488 e. The summed E-state index contributed by atoms with van der Waals surface area (Å²) in [6.45, 7) is 0.129. The molecule has 2 aromatic rings. The van der Waals surface area contributed by atoms with Gasteiger partial charge < -0.3 is 9.84 Å². The second-order valence-electron chi connectivity index (χ2n) is 4.47. The maximum atomic E-state index is 12.8. The van der Waals surface area contributed by atoms with E-state index in [0.29, 0.717) is 11.8 Å². The summed E-state index contributed by atoms with van der Waals surface area (Å²) in [6, 6.07) is 10.3. The van der Waals surface area contributed by atoms with Crippen LogP contribution < -0.4 is 4.74 Å². The first-order valence-electron chi connectivity index (χ1n) is 6.46. The molecule has 4 nitrogen and oxygen atoms in total. The number of hydrogen-bond donors (Lipinski definition) is 1. The van der Waals surface area contributed by atoms with Gasteiger partial charge in [0.15, 0.2) is 0 Å². The molecule has 22 heavy (non-hydrogen) atoms. The number of benzene rings is 2. The lowest BCUT2D eigenvalue weighted by atomic mass is 10.1. The second kappa shape index (κ2) is 7.17. The predicted octanol–water partition coefficient (Wildman–Crippen LogP) is 3.32. The van der Waals surface area contributed by atoms with E-state index >= 15 is 0 Å². The van der Waals surface area contributed by atoms with Crippen molar-refractivity contribution >= 4 is 18.3 Å². The van der Waals surface area contributed by atoms with Crippen LogP contribution in [0.1, 0.15) is 21.5 Å². The van der Waals surface area contributed by atoms with E-state index in [2.05, 4.69) is 0 Å². The third kappa shape index (κ3) is 4.02. The van der Waals surface area contributed by atoms with Crippen molar-refractivity contribution in [3.63, 3.8) is 0 Å². The van der Waals surface area contributed by atoms with Gasteiger partial charge in [0.2, 0.25) is 0 Å². The minimum atomic E-state index is -1.13. The molecule has 0 aliphatic rings. The first kappa shape index (κ1) is 15.4. The van der Waals surface area contributed by atoms with Crippen LogP contribution in [0.4, 0.5) is 4.39 Å². The molecule has 1 N–H and O–H groups in total. The molecule has 0 atom stereocenters. The number of carboxylic acid groups (broad SMARTS) is 1. The molecular weight excluding hydrogens is 287 g/mol. The van der Waals surface area contributed by atoms with Crippen LogP contribution in [0, 0.1) is 5.82 Å². The van der Waals surface area contributed by atoms with Crippen molar-refractivity contribution in [2.75, 3.05) is 0 Å². The number of carboxylic acids is 1. The molecule has 0 fully saturated rings. The molecule has 0 heterocycles. The summed E-state index contributed by atoms with van der Waals surface area (Å²) < 4.78 is 18.3. The molecule has 0 aliphatic heterocycles. The Kier molecular flexibility index (Phi) is 5.03. The van der Waals surface area contributed by atoms with Gasteiger partial charge in [0.25, 0.3) is 0 Å². The van der Waals surface area contributed by atoms with Crippen LogP contribution in [0.3, 0.4) is 0 Å². The summed E-state index contributed by atoms with van der Waals surface area (Å²) >= 11 is 0. The molecule has 0 saturated carbocycles. The minimum Gasteiger partial charge on any atom is -0.488 e. The van der Waals surface area contributed by atoms with Gasteiger partial charge >= 0.3 is 5.97 Å². The standard InChI is InChI=1S/C17H13FO4/c18-14-6-3-13(4-7-14)11-22-16-8-5-12(2-1-9-19)10-15(16)17(20)21/h1-10H,11H2,(H,20,21)/b2-1-. The van der Waals surface area contributed by atoms with Crippen molar-refractivity contribution in [3.8, 4) is 5.75 Å². The summed E-state index contributed by atoms with van der Waals surface area (Å²) in [5.74, 6) is -1.27. The Hall–Kier alpha value is -2.95. The van der Waals surface area contributed by atoms with Crippen LogP contribution in [0.5, 0.6) is 5.75 Å². The molecule has 0 amide bonds. The summed E-state index contributed by atoms with van der Waals surface area (Å²) in [7, 11) is 0. The molecule has 0 aliphatic carbocycles. The van der Waals surface area contributed by atoms with E-state index < -0.39 is 5.97 Å². The Balaban J connectivity index is 2.19. The topological polar surface area (TPSA) is 63.6 Å². The summed E-state index contributed by atoms with van der Waals surface area (Å²) in [6.07, 6.45) is 3.39. The Morgan fingerprint density at radius 2 is 1.91 bits per heavy atom. The fraction of sp³-hybridized carbons (Fsp3) is 0.0588. The first-order chi connectivity index (χ1) is 10.6. The Bertz CT molecular complexity index is 705. The van der Waals surface area contributed by atoms with E-state index in [4.69, 9.17) is 4.74 Å². The van der Waals surface area contributed by atoms with Crippen molar-refractivity contribution in [2.45, 2.75) is 6.61 Å². The van der Waals surface area contributed by atoms with Crippen molar-refractivity contribution in [3.05, 3.63) is 71.0 Å². The van der Waals surface area contributed by atoms with Gasteiger partial charge in [-0.15, -0.1) is 0 Å². The van der Waals surface area contributed by atoms with Crippen LogP contribution in [0.15, 0.2) is 48.5 Å². The van der Waals surface area contributed by atoms with Gasteiger partial charge in [-0.05, 0) is 41.5 Å². The van der Waals surface area contributed by atoms with Gasteiger partial charge in [-0.25, -0.2) is 9.18 Å². The molecular formula is C17H13FO4. The first-order valence-corrected chi connectivity index (χ1v) is 6.46. The second-order valence-corrected chi connectivity index (χ2v) is 4.47. The van der Waals surface area contributed by atoms with E-state index in [1.807, 2.05) is 0 Å². The average molecular weight is 300 g/mol. The zero-order valence-electron chi connectivity index (χ0n) is 11.5. The Morgan fingerprint density at radius 1 is 1.18 bits per heavy atom. The van der Waals surface area contributed by atoms with Crippen LogP contribution in [0.25, 0.3) is 6.08 Å². The molecule has 112 valence electrons. The zero-order valence-corrected chi connectivity index (χ0v) is 11.5. The minimum absolute atomic E-state index is 0.00448. The lowest BCUT2D eigenvalue weighted by Gasteiger charge is -2.10. The maximum Gasteiger partial charge on any atom is 0.339 e. The molecule has 0 saturated heterocycles. The van der Waals surface area contributed by atoms with Crippen molar-refractivity contribution < 1.29 is 23.8 Å². The molecule has 0 spiro atoms. The van der Waals surface area contributed by atoms with E-state index in [0.717, 1.165) is 5.56 Å². The number of ether oxygens (including phenoxy) is 1. The number of carbonyl (C=O) groups is 2. The number of halogens is 1. The number of rotatable bonds is 6. The highest BCUT2D eigenvalue weighted by Gasteiger charge is 2.12. The fourth-order valence-corrected chi connectivity index (χ4v) is 1.84. The molecule has 2 aromatic carbocycles. The summed E-state index contributed by atoms with van der Waals surface area (Å²) in [5.41, 5.74) is 1.30. The van der Waals surface area contributed by atoms with Gasteiger partial charge in [-0.2, -0.15) is 0 Å². The van der Waals surface area contributed by atoms with Crippen LogP contribution >= 0.6 is 0 Å². The van der Waals surface area contributed by atoms with Gasteiger partial charge in [0.1, 0.15) is 30.0 Å². The van der Waals surface area contributed by atoms with Gasteiger partial charge in [0.05, 0.1) is 0 Å². The lowest BCUT2D eigenvalue weighted by Crippen LogP contribution is -2.04. The lowest BCUT2D eigenvalue weighted by molar-refractivity contribution is -0.104. The van der Waals surface area contributed by atoms with Gasteiger partial charge in [-0.1, -0.05) is 24.3 Å². The van der Waals surface area contributed by atoms with Crippen molar-refractivity contribution in [1.29, 1.82) is 0 Å². The number of aldehydes is 1. The number of aromatic carboxylic acids is 1. The quantitative estimate of drug-likeness (QED) is 0.656. The normalized spacial score (nSPS) is 10.6. The van der Waals surface area contributed by atoms with E-state index in [-0.39, 0.29) is 23.7 Å². The molecule has 0 bridgehead atoms. The number of allylic oxidation sites excluding steroid dienone is 1. The predicted molar refractivity (Wildman–Crippen MR) is 79.2 cm³/mol. The van der Waals surface area contributed by atoms with Crippen LogP contribution in [0.2, 0.25) is 0 Å². The molecule has 0 unspecified atom stereocenters. The highest BCUT2D eigenvalue weighted by molar-refractivity contribution is 5.92. The summed E-state index contributed by atoms with van der Waals surface area (Å²) in [5, 5.41) is 9.23. The zero-order chi connectivity index (χ0) is 15.9.